The van der Waals surface area contributed by atoms with Gasteiger partial charge in [-0.1, -0.05) is 35.9 Å². The SMILES string of the molecule is O=C(NCCCC(=O)N1Cc2ccccc2C1)c1ccc(Cl)s1. The molecule has 2 heterocycles. The van der Waals surface area contributed by atoms with Gasteiger partial charge in [-0.3, -0.25) is 9.59 Å². The first-order chi connectivity index (χ1) is 11.1. The molecular weight excluding hydrogens is 332 g/mol. The molecular formula is C17H17ClN2O2S. The van der Waals surface area contributed by atoms with Crippen LogP contribution in [0.25, 0.3) is 0 Å². The number of benzene rings is 1. The molecule has 0 saturated carbocycles. The van der Waals surface area contributed by atoms with E-state index >= 15 is 0 Å². The maximum absolute atomic E-state index is 12.2. The third kappa shape index (κ3) is 3.92. The van der Waals surface area contributed by atoms with Crippen LogP contribution < -0.4 is 5.32 Å². The highest BCUT2D eigenvalue weighted by molar-refractivity contribution is 7.17. The fourth-order valence-electron chi connectivity index (χ4n) is 2.63. The van der Waals surface area contributed by atoms with Gasteiger partial charge in [-0.25, -0.2) is 0 Å². The Balaban J connectivity index is 1.40. The van der Waals surface area contributed by atoms with E-state index < -0.39 is 0 Å². The summed E-state index contributed by atoms with van der Waals surface area (Å²) in [6.07, 6.45) is 1.08. The van der Waals surface area contributed by atoms with E-state index in [9.17, 15) is 9.59 Å². The van der Waals surface area contributed by atoms with Crippen molar-refractivity contribution in [2.45, 2.75) is 25.9 Å². The van der Waals surface area contributed by atoms with Gasteiger partial charge < -0.3 is 10.2 Å². The average molecular weight is 349 g/mol. The summed E-state index contributed by atoms with van der Waals surface area (Å²) in [6.45, 7) is 1.87. The van der Waals surface area contributed by atoms with Crippen LogP contribution in [0.4, 0.5) is 0 Å². The second-order valence-electron chi connectivity index (χ2n) is 5.48. The van der Waals surface area contributed by atoms with Crippen LogP contribution in [0.5, 0.6) is 0 Å². The molecule has 120 valence electrons. The Morgan fingerprint density at radius 2 is 1.83 bits per heavy atom. The van der Waals surface area contributed by atoms with E-state index in [0.717, 1.165) is 0 Å². The summed E-state index contributed by atoms with van der Waals surface area (Å²) in [4.78, 5) is 26.5. The molecule has 3 rings (SSSR count). The minimum atomic E-state index is -0.136. The number of halogens is 1. The third-order valence-corrected chi connectivity index (χ3v) is 5.07. The number of rotatable bonds is 5. The molecule has 1 aromatic carbocycles. The molecule has 6 heteroatoms. The zero-order valence-electron chi connectivity index (χ0n) is 12.5. The van der Waals surface area contributed by atoms with Crippen molar-refractivity contribution in [1.29, 1.82) is 0 Å². The molecule has 0 aliphatic carbocycles. The van der Waals surface area contributed by atoms with Crippen molar-refractivity contribution < 1.29 is 9.59 Å². The van der Waals surface area contributed by atoms with Gasteiger partial charge in [0.25, 0.3) is 5.91 Å². The number of nitrogens with one attached hydrogen (secondary N) is 1. The van der Waals surface area contributed by atoms with Crippen LogP contribution in [0.2, 0.25) is 4.34 Å². The number of thiophene rings is 1. The van der Waals surface area contributed by atoms with Gasteiger partial charge in [-0.2, -0.15) is 0 Å². The van der Waals surface area contributed by atoms with Gasteiger partial charge in [0.1, 0.15) is 0 Å². The summed E-state index contributed by atoms with van der Waals surface area (Å²) in [7, 11) is 0. The number of hydrogen-bond donors (Lipinski definition) is 1. The highest BCUT2D eigenvalue weighted by Gasteiger charge is 2.22. The molecule has 1 N–H and O–H groups in total. The molecule has 0 radical (unpaired) electrons. The molecule has 2 aromatic rings. The molecule has 1 aliphatic rings. The zero-order chi connectivity index (χ0) is 16.2. The number of carbonyl (C=O) groups is 2. The molecule has 0 spiro atoms. The summed E-state index contributed by atoms with van der Waals surface area (Å²) in [5, 5.41) is 2.82. The Labute approximate surface area is 144 Å². The smallest absolute Gasteiger partial charge is 0.261 e. The second kappa shape index (κ2) is 7.15. The summed E-state index contributed by atoms with van der Waals surface area (Å²) >= 11 is 7.06. The van der Waals surface area contributed by atoms with E-state index in [1.54, 1.807) is 12.1 Å². The fourth-order valence-corrected chi connectivity index (χ4v) is 3.59. The number of fused-ring (bicyclic) bond motifs is 1. The van der Waals surface area contributed by atoms with E-state index in [0.29, 0.717) is 41.7 Å². The topological polar surface area (TPSA) is 49.4 Å². The lowest BCUT2D eigenvalue weighted by Gasteiger charge is -2.15. The maximum atomic E-state index is 12.2. The number of nitrogens with zero attached hydrogens (tertiary/aromatic N) is 1. The van der Waals surface area contributed by atoms with Crippen LogP contribution in [0.1, 0.15) is 33.6 Å². The predicted molar refractivity (Wildman–Crippen MR) is 91.6 cm³/mol. The van der Waals surface area contributed by atoms with Gasteiger partial charge in [0.2, 0.25) is 5.91 Å². The van der Waals surface area contributed by atoms with Crippen LogP contribution in [-0.4, -0.2) is 23.3 Å². The van der Waals surface area contributed by atoms with E-state index in [1.165, 1.54) is 22.5 Å². The summed E-state index contributed by atoms with van der Waals surface area (Å²) in [6, 6.07) is 11.5. The molecule has 23 heavy (non-hydrogen) atoms. The van der Waals surface area contributed by atoms with Gasteiger partial charge in [0.05, 0.1) is 9.21 Å². The van der Waals surface area contributed by atoms with Crippen LogP contribution in [-0.2, 0) is 17.9 Å². The third-order valence-electron chi connectivity index (χ3n) is 3.84. The normalized spacial score (nSPS) is 13.0. The van der Waals surface area contributed by atoms with Gasteiger partial charge in [-0.05, 0) is 29.7 Å². The van der Waals surface area contributed by atoms with E-state index in [4.69, 9.17) is 11.6 Å². The highest BCUT2D eigenvalue weighted by atomic mass is 35.5. The van der Waals surface area contributed by atoms with Crippen molar-refractivity contribution in [2.75, 3.05) is 6.54 Å². The molecule has 2 amide bonds. The molecule has 4 nitrogen and oxygen atoms in total. The highest BCUT2D eigenvalue weighted by Crippen LogP contribution is 2.23. The van der Waals surface area contributed by atoms with Crippen molar-refractivity contribution in [1.82, 2.24) is 10.2 Å². The lowest BCUT2D eigenvalue weighted by molar-refractivity contribution is -0.131. The molecule has 1 aromatic heterocycles. The number of carbonyl (C=O) groups excluding carboxylic acids is 2. The van der Waals surface area contributed by atoms with E-state index in [-0.39, 0.29) is 11.8 Å². The van der Waals surface area contributed by atoms with Crippen molar-refractivity contribution in [3.63, 3.8) is 0 Å². The van der Waals surface area contributed by atoms with Gasteiger partial charge >= 0.3 is 0 Å². The Morgan fingerprint density at radius 1 is 1.13 bits per heavy atom. The van der Waals surface area contributed by atoms with E-state index in [2.05, 4.69) is 17.4 Å². The zero-order valence-corrected chi connectivity index (χ0v) is 14.1. The van der Waals surface area contributed by atoms with Crippen molar-refractivity contribution in [3.8, 4) is 0 Å². The predicted octanol–water partition coefficient (Wildman–Crippen LogP) is 3.45. The summed E-state index contributed by atoms with van der Waals surface area (Å²) in [5.41, 5.74) is 2.45. The molecule has 0 saturated heterocycles. The maximum Gasteiger partial charge on any atom is 0.261 e. The number of hydrogen-bond acceptors (Lipinski definition) is 3. The molecule has 0 unspecified atom stereocenters. The average Bonchev–Trinajstić information content (AvgIpc) is 3.17. The lowest BCUT2D eigenvalue weighted by atomic mass is 10.1. The fraction of sp³-hybridized carbons (Fsp3) is 0.294. The van der Waals surface area contributed by atoms with E-state index in [1.807, 2.05) is 17.0 Å². The van der Waals surface area contributed by atoms with Gasteiger partial charge in [0.15, 0.2) is 0 Å². The van der Waals surface area contributed by atoms with Crippen LogP contribution in [0, 0.1) is 0 Å². The van der Waals surface area contributed by atoms with Gasteiger partial charge in [0, 0.05) is 26.1 Å². The molecule has 0 bridgehead atoms. The first-order valence-electron chi connectivity index (χ1n) is 7.51. The van der Waals surface area contributed by atoms with Crippen LogP contribution >= 0.6 is 22.9 Å². The Kier molecular flexibility index (Phi) is 4.98. The lowest BCUT2D eigenvalue weighted by Crippen LogP contribution is -2.28. The Bertz CT molecular complexity index is 704. The summed E-state index contributed by atoms with van der Waals surface area (Å²) < 4.78 is 0.596. The van der Waals surface area contributed by atoms with Crippen molar-refractivity contribution in [3.05, 3.63) is 56.7 Å². The minimum absolute atomic E-state index is 0.134. The van der Waals surface area contributed by atoms with Crippen molar-refractivity contribution >= 4 is 34.8 Å². The number of amides is 2. The monoisotopic (exact) mass is 348 g/mol. The van der Waals surface area contributed by atoms with Crippen LogP contribution in [0.3, 0.4) is 0 Å². The van der Waals surface area contributed by atoms with Crippen molar-refractivity contribution in [2.24, 2.45) is 0 Å². The Morgan fingerprint density at radius 3 is 2.43 bits per heavy atom. The molecule has 0 atom stereocenters. The first-order valence-corrected chi connectivity index (χ1v) is 8.71. The Hall–Kier alpha value is -1.85. The summed E-state index contributed by atoms with van der Waals surface area (Å²) in [5.74, 6) is -0.00227. The molecule has 0 fully saturated rings. The van der Waals surface area contributed by atoms with Gasteiger partial charge in [-0.15, -0.1) is 11.3 Å². The standard InChI is InChI=1S/C17H17ClN2O2S/c18-15-8-7-14(23-15)17(22)19-9-3-6-16(21)20-10-12-4-1-2-5-13(12)11-20/h1-2,4-5,7-8H,3,6,9-11H2,(H,19,22). The molecule has 1 aliphatic heterocycles. The largest absolute Gasteiger partial charge is 0.351 e. The minimum Gasteiger partial charge on any atom is -0.351 e. The first kappa shape index (κ1) is 16.0. The second-order valence-corrected chi connectivity index (χ2v) is 7.20. The quantitative estimate of drug-likeness (QED) is 0.841. The van der Waals surface area contributed by atoms with Crippen LogP contribution in [0.15, 0.2) is 36.4 Å².